The Morgan fingerprint density at radius 2 is 1.65 bits per heavy atom. The SMILES string of the molecule is O=C(O)C(F)(F)c1ccc(Cl)cc1C(F)(F)F. The number of hydrogen-bond acceptors (Lipinski definition) is 1. The van der Waals surface area contributed by atoms with Crippen LogP contribution < -0.4 is 0 Å². The average molecular weight is 275 g/mol. The lowest BCUT2D eigenvalue weighted by molar-refractivity contribution is -0.169. The number of carboxylic acid groups (broad SMARTS) is 1. The maximum atomic E-state index is 13.1. The van der Waals surface area contributed by atoms with Crippen LogP contribution >= 0.6 is 11.6 Å². The van der Waals surface area contributed by atoms with Crippen LogP contribution in [0.15, 0.2) is 18.2 Å². The Bertz CT molecular complexity index is 455. The third kappa shape index (κ3) is 2.66. The molecule has 0 spiro atoms. The molecule has 17 heavy (non-hydrogen) atoms. The van der Waals surface area contributed by atoms with E-state index in [0.717, 1.165) is 6.07 Å². The summed E-state index contributed by atoms with van der Waals surface area (Å²) in [5.74, 6) is -7.29. The number of carbonyl (C=O) groups is 1. The van der Waals surface area contributed by atoms with Crippen LogP contribution in [0.2, 0.25) is 5.02 Å². The molecular formula is C9H4ClF5O2. The van der Waals surface area contributed by atoms with Crippen LogP contribution in [0.5, 0.6) is 0 Å². The highest BCUT2D eigenvalue weighted by molar-refractivity contribution is 6.30. The van der Waals surface area contributed by atoms with Gasteiger partial charge in [-0.2, -0.15) is 22.0 Å². The Labute approximate surface area is 96.6 Å². The van der Waals surface area contributed by atoms with Crippen molar-refractivity contribution < 1.29 is 31.9 Å². The minimum Gasteiger partial charge on any atom is -0.477 e. The quantitative estimate of drug-likeness (QED) is 0.838. The van der Waals surface area contributed by atoms with E-state index in [1.165, 1.54) is 0 Å². The van der Waals surface area contributed by atoms with Crippen LogP contribution in [0.25, 0.3) is 0 Å². The van der Waals surface area contributed by atoms with E-state index in [2.05, 4.69) is 0 Å². The fourth-order valence-corrected chi connectivity index (χ4v) is 1.31. The summed E-state index contributed by atoms with van der Waals surface area (Å²) in [4.78, 5) is 10.2. The zero-order chi connectivity index (χ0) is 13.4. The standard InChI is InChI=1S/C9H4ClF5O2/c10-4-1-2-5(8(11,12)7(16)17)6(3-4)9(13,14)15/h1-3H,(H,16,17). The van der Waals surface area contributed by atoms with Gasteiger partial charge in [-0.1, -0.05) is 17.7 Å². The fraction of sp³-hybridized carbons (Fsp3) is 0.222. The highest BCUT2D eigenvalue weighted by atomic mass is 35.5. The number of benzene rings is 1. The molecule has 0 unspecified atom stereocenters. The van der Waals surface area contributed by atoms with Crippen molar-refractivity contribution in [2.45, 2.75) is 12.1 Å². The number of carboxylic acids is 1. The molecule has 1 N–H and O–H groups in total. The van der Waals surface area contributed by atoms with E-state index < -0.39 is 34.2 Å². The molecule has 0 aromatic heterocycles. The largest absolute Gasteiger partial charge is 0.477 e. The second-order valence-corrected chi connectivity index (χ2v) is 3.50. The molecule has 0 fully saturated rings. The van der Waals surface area contributed by atoms with E-state index in [1.807, 2.05) is 0 Å². The topological polar surface area (TPSA) is 37.3 Å². The average Bonchev–Trinajstić information content (AvgIpc) is 2.15. The van der Waals surface area contributed by atoms with Crippen molar-refractivity contribution in [2.24, 2.45) is 0 Å². The molecule has 1 aromatic rings. The fourth-order valence-electron chi connectivity index (χ4n) is 1.14. The van der Waals surface area contributed by atoms with Gasteiger partial charge in [-0.05, 0) is 12.1 Å². The monoisotopic (exact) mass is 274 g/mol. The molecule has 94 valence electrons. The molecule has 0 saturated heterocycles. The minimum absolute atomic E-state index is 0.258. The van der Waals surface area contributed by atoms with Crippen LogP contribution in [-0.4, -0.2) is 11.1 Å². The highest BCUT2D eigenvalue weighted by Crippen LogP contribution is 2.40. The van der Waals surface area contributed by atoms with Gasteiger partial charge in [0.25, 0.3) is 0 Å². The summed E-state index contributed by atoms with van der Waals surface area (Å²) in [6, 6.07) is 1.37. The van der Waals surface area contributed by atoms with Crippen LogP contribution in [0, 0.1) is 0 Å². The van der Waals surface area contributed by atoms with Crippen LogP contribution in [0.1, 0.15) is 11.1 Å². The van der Waals surface area contributed by atoms with Crippen LogP contribution in [0.4, 0.5) is 22.0 Å². The van der Waals surface area contributed by atoms with Crippen molar-refractivity contribution in [3.63, 3.8) is 0 Å². The van der Waals surface area contributed by atoms with E-state index in [1.54, 1.807) is 0 Å². The zero-order valence-corrected chi connectivity index (χ0v) is 8.61. The Morgan fingerprint density at radius 1 is 1.12 bits per heavy atom. The van der Waals surface area contributed by atoms with E-state index in [0.29, 0.717) is 6.07 Å². The lowest BCUT2D eigenvalue weighted by Crippen LogP contribution is -2.28. The lowest BCUT2D eigenvalue weighted by atomic mass is 10.0. The summed E-state index contributed by atoms with van der Waals surface area (Å²) in [6.45, 7) is 0. The number of aliphatic carboxylic acids is 1. The molecule has 8 heteroatoms. The van der Waals surface area contributed by atoms with Gasteiger partial charge in [-0.25, -0.2) is 4.79 Å². The Morgan fingerprint density at radius 3 is 2.06 bits per heavy atom. The predicted octanol–water partition coefficient (Wildman–Crippen LogP) is 3.54. The van der Waals surface area contributed by atoms with Crippen molar-refractivity contribution in [1.29, 1.82) is 0 Å². The van der Waals surface area contributed by atoms with Crippen molar-refractivity contribution in [2.75, 3.05) is 0 Å². The molecule has 0 radical (unpaired) electrons. The van der Waals surface area contributed by atoms with Gasteiger partial charge in [0.05, 0.1) is 5.56 Å². The van der Waals surface area contributed by atoms with Crippen LogP contribution in [-0.2, 0) is 16.9 Å². The first-order valence-corrected chi connectivity index (χ1v) is 4.43. The Kier molecular flexibility index (Phi) is 3.33. The number of alkyl halides is 5. The molecule has 0 bridgehead atoms. The lowest BCUT2D eigenvalue weighted by Gasteiger charge is -2.18. The first-order chi connectivity index (χ1) is 7.56. The van der Waals surface area contributed by atoms with Gasteiger partial charge in [0.1, 0.15) is 0 Å². The molecule has 0 amide bonds. The van der Waals surface area contributed by atoms with Crippen molar-refractivity contribution in [1.82, 2.24) is 0 Å². The summed E-state index contributed by atoms with van der Waals surface area (Å²) < 4.78 is 63.4. The summed E-state index contributed by atoms with van der Waals surface area (Å²) >= 11 is 5.26. The molecule has 0 aliphatic rings. The molecule has 0 saturated carbocycles. The minimum atomic E-state index is -5.11. The van der Waals surface area contributed by atoms with Crippen molar-refractivity contribution >= 4 is 17.6 Å². The second kappa shape index (κ2) is 4.14. The first kappa shape index (κ1) is 13.7. The zero-order valence-electron chi connectivity index (χ0n) is 7.86. The number of hydrogen-bond donors (Lipinski definition) is 1. The Hall–Kier alpha value is -1.37. The molecule has 0 heterocycles. The van der Waals surface area contributed by atoms with E-state index >= 15 is 0 Å². The Balaban J connectivity index is 3.50. The molecule has 0 aliphatic carbocycles. The van der Waals surface area contributed by atoms with Gasteiger partial charge >= 0.3 is 18.1 Å². The van der Waals surface area contributed by atoms with E-state index in [9.17, 15) is 26.7 Å². The molecular weight excluding hydrogens is 271 g/mol. The maximum absolute atomic E-state index is 13.1. The molecule has 1 rings (SSSR count). The van der Waals surface area contributed by atoms with Crippen LogP contribution in [0.3, 0.4) is 0 Å². The summed E-state index contributed by atoms with van der Waals surface area (Å²) in [6.07, 6.45) is -5.11. The third-order valence-electron chi connectivity index (χ3n) is 1.89. The third-order valence-corrected chi connectivity index (χ3v) is 2.13. The highest BCUT2D eigenvalue weighted by Gasteiger charge is 2.48. The smallest absolute Gasteiger partial charge is 0.416 e. The van der Waals surface area contributed by atoms with E-state index in [-0.39, 0.29) is 6.07 Å². The van der Waals surface area contributed by atoms with Crippen molar-refractivity contribution in [3.05, 3.63) is 34.3 Å². The molecule has 0 aliphatic heterocycles. The normalized spacial score (nSPS) is 12.6. The second-order valence-electron chi connectivity index (χ2n) is 3.07. The number of rotatable bonds is 2. The van der Waals surface area contributed by atoms with E-state index in [4.69, 9.17) is 16.7 Å². The summed E-state index contributed by atoms with van der Waals surface area (Å²) in [7, 11) is 0. The maximum Gasteiger partial charge on any atom is 0.416 e. The van der Waals surface area contributed by atoms with Gasteiger partial charge in [0, 0.05) is 10.6 Å². The van der Waals surface area contributed by atoms with Gasteiger partial charge in [0.2, 0.25) is 0 Å². The van der Waals surface area contributed by atoms with Gasteiger partial charge in [-0.3, -0.25) is 0 Å². The van der Waals surface area contributed by atoms with Gasteiger partial charge in [-0.15, -0.1) is 0 Å². The molecule has 1 aromatic carbocycles. The molecule has 0 atom stereocenters. The first-order valence-electron chi connectivity index (χ1n) is 4.05. The van der Waals surface area contributed by atoms with Gasteiger partial charge in [0.15, 0.2) is 0 Å². The number of halogens is 6. The molecule has 2 nitrogen and oxygen atoms in total. The summed E-state index contributed by atoms with van der Waals surface area (Å²) in [5.41, 5.74) is -3.40. The van der Waals surface area contributed by atoms with Gasteiger partial charge < -0.3 is 5.11 Å². The summed E-state index contributed by atoms with van der Waals surface area (Å²) in [5, 5.41) is 7.79. The predicted molar refractivity (Wildman–Crippen MR) is 48.0 cm³/mol. The van der Waals surface area contributed by atoms with Crippen molar-refractivity contribution in [3.8, 4) is 0 Å².